The molecule has 0 aliphatic carbocycles. The van der Waals surface area contributed by atoms with Crippen LogP contribution < -0.4 is 21.3 Å². The molecule has 180 valence electrons. The Balaban J connectivity index is 1.89. The SMILES string of the molecule is CNC(=O)N[C@H](COC(=O)/C=C/C(=O)OC[C@@H](NC(=O)NC)c1ccccc1)c1ccccc1. The molecular weight excluding hydrogens is 440 g/mol. The van der Waals surface area contributed by atoms with Gasteiger partial charge in [0.15, 0.2) is 0 Å². The van der Waals surface area contributed by atoms with Crippen LogP contribution in [0.4, 0.5) is 9.59 Å². The molecule has 0 fully saturated rings. The van der Waals surface area contributed by atoms with Gasteiger partial charge in [-0.05, 0) is 11.1 Å². The quantitative estimate of drug-likeness (QED) is 0.311. The van der Waals surface area contributed by atoms with Crippen molar-refractivity contribution in [1.29, 1.82) is 0 Å². The van der Waals surface area contributed by atoms with Gasteiger partial charge in [-0.3, -0.25) is 0 Å². The van der Waals surface area contributed by atoms with Crippen LogP contribution in [0, 0.1) is 0 Å². The lowest BCUT2D eigenvalue weighted by atomic mass is 10.1. The lowest BCUT2D eigenvalue weighted by Crippen LogP contribution is -2.38. The Morgan fingerprint density at radius 2 is 1.03 bits per heavy atom. The Labute approximate surface area is 197 Å². The summed E-state index contributed by atoms with van der Waals surface area (Å²) in [6.45, 7) is -0.274. The van der Waals surface area contributed by atoms with Crippen LogP contribution in [0.5, 0.6) is 0 Å². The highest BCUT2D eigenvalue weighted by atomic mass is 16.5. The summed E-state index contributed by atoms with van der Waals surface area (Å²) >= 11 is 0. The van der Waals surface area contributed by atoms with Crippen molar-refractivity contribution in [3.63, 3.8) is 0 Å². The molecule has 34 heavy (non-hydrogen) atoms. The standard InChI is InChI=1S/C24H28N4O6/c1-25-23(31)27-19(17-9-5-3-6-10-17)15-33-21(29)13-14-22(30)34-16-20(28-24(32)26-2)18-11-7-4-8-12-18/h3-14,19-20H,15-16H2,1-2H3,(H2,25,27,31)(H2,26,28,32)/b14-13+/t19-,20-/m1/s1. The van der Waals surface area contributed by atoms with E-state index in [1.54, 1.807) is 48.5 Å². The first-order valence-electron chi connectivity index (χ1n) is 10.5. The molecule has 0 bridgehead atoms. The molecule has 0 unspecified atom stereocenters. The summed E-state index contributed by atoms with van der Waals surface area (Å²) < 4.78 is 10.4. The van der Waals surface area contributed by atoms with Crippen molar-refractivity contribution in [1.82, 2.24) is 21.3 Å². The number of hydrogen-bond donors (Lipinski definition) is 4. The number of ether oxygens (including phenoxy) is 2. The van der Waals surface area contributed by atoms with Gasteiger partial charge in [-0.15, -0.1) is 0 Å². The number of carbonyl (C=O) groups excluding carboxylic acids is 4. The molecule has 0 saturated heterocycles. The van der Waals surface area contributed by atoms with E-state index in [2.05, 4.69) is 21.3 Å². The number of hydrogen-bond acceptors (Lipinski definition) is 6. The van der Waals surface area contributed by atoms with Crippen molar-refractivity contribution in [2.45, 2.75) is 12.1 Å². The second kappa shape index (κ2) is 13.9. The Morgan fingerprint density at radius 1 is 0.676 bits per heavy atom. The minimum atomic E-state index is -0.778. The van der Waals surface area contributed by atoms with Gasteiger partial charge in [0.05, 0.1) is 12.1 Å². The Kier molecular flexibility index (Phi) is 10.6. The van der Waals surface area contributed by atoms with Crippen molar-refractivity contribution in [3.8, 4) is 0 Å². The van der Waals surface area contributed by atoms with Crippen LogP contribution in [0.1, 0.15) is 23.2 Å². The van der Waals surface area contributed by atoms with E-state index in [9.17, 15) is 19.2 Å². The second-order valence-electron chi connectivity index (χ2n) is 6.97. The zero-order chi connectivity index (χ0) is 24.8. The average molecular weight is 469 g/mol. The zero-order valence-corrected chi connectivity index (χ0v) is 18.9. The highest BCUT2D eigenvalue weighted by molar-refractivity contribution is 5.91. The topological polar surface area (TPSA) is 135 Å². The maximum Gasteiger partial charge on any atom is 0.331 e. The van der Waals surface area contributed by atoms with Gasteiger partial charge >= 0.3 is 24.0 Å². The molecule has 0 spiro atoms. The van der Waals surface area contributed by atoms with Crippen LogP contribution in [-0.2, 0) is 19.1 Å². The van der Waals surface area contributed by atoms with Crippen molar-refractivity contribution >= 4 is 24.0 Å². The first kappa shape index (κ1) is 25.9. The number of nitrogens with one attached hydrogen (secondary N) is 4. The number of rotatable bonds is 10. The van der Waals surface area contributed by atoms with E-state index in [1.807, 2.05) is 12.1 Å². The summed E-state index contributed by atoms with van der Waals surface area (Å²) in [7, 11) is 2.95. The van der Waals surface area contributed by atoms with Gasteiger partial charge in [-0.1, -0.05) is 60.7 Å². The monoisotopic (exact) mass is 468 g/mol. The molecule has 10 nitrogen and oxygen atoms in total. The highest BCUT2D eigenvalue weighted by Crippen LogP contribution is 2.14. The molecule has 0 radical (unpaired) electrons. The lowest BCUT2D eigenvalue weighted by molar-refractivity contribution is -0.141. The minimum Gasteiger partial charge on any atom is -0.460 e. The van der Waals surface area contributed by atoms with E-state index in [4.69, 9.17) is 9.47 Å². The summed E-state index contributed by atoms with van der Waals surface area (Å²) in [5.74, 6) is -1.56. The molecular formula is C24H28N4O6. The number of amides is 4. The van der Waals surface area contributed by atoms with Gasteiger partial charge < -0.3 is 30.7 Å². The summed E-state index contributed by atoms with van der Waals surface area (Å²) in [6.07, 6.45) is 1.88. The predicted octanol–water partition coefficient (Wildman–Crippen LogP) is 1.97. The van der Waals surface area contributed by atoms with Crippen molar-refractivity contribution in [2.75, 3.05) is 27.3 Å². The Bertz CT molecular complexity index is 902. The molecule has 0 saturated carbocycles. The van der Waals surface area contributed by atoms with Crippen LogP contribution in [0.2, 0.25) is 0 Å². The van der Waals surface area contributed by atoms with E-state index in [0.717, 1.165) is 23.3 Å². The number of urea groups is 2. The average Bonchev–Trinajstić information content (AvgIpc) is 2.88. The summed E-state index contributed by atoms with van der Waals surface area (Å²) in [5, 5.41) is 10.3. The van der Waals surface area contributed by atoms with E-state index in [1.165, 1.54) is 14.1 Å². The van der Waals surface area contributed by atoms with Crippen LogP contribution in [-0.4, -0.2) is 51.3 Å². The minimum absolute atomic E-state index is 0.137. The molecule has 2 aromatic carbocycles. The molecule has 0 heterocycles. The third kappa shape index (κ3) is 9.03. The molecule has 4 amide bonds. The molecule has 2 aromatic rings. The molecule has 0 aromatic heterocycles. The fourth-order valence-electron chi connectivity index (χ4n) is 2.84. The first-order valence-corrected chi connectivity index (χ1v) is 10.5. The van der Waals surface area contributed by atoms with Gasteiger partial charge in [-0.2, -0.15) is 0 Å². The normalized spacial score (nSPS) is 12.2. The second-order valence-corrected chi connectivity index (χ2v) is 6.97. The maximum atomic E-state index is 12.1. The fourth-order valence-corrected chi connectivity index (χ4v) is 2.84. The molecule has 10 heteroatoms. The van der Waals surface area contributed by atoms with E-state index < -0.39 is 36.1 Å². The largest absolute Gasteiger partial charge is 0.460 e. The van der Waals surface area contributed by atoms with Crippen LogP contribution in [0.25, 0.3) is 0 Å². The molecule has 4 N–H and O–H groups in total. The van der Waals surface area contributed by atoms with Crippen molar-refractivity contribution in [3.05, 3.63) is 83.9 Å². The maximum absolute atomic E-state index is 12.1. The smallest absolute Gasteiger partial charge is 0.331 e. The highest BCUT2D eigenvalue weighted by Gasteiger charge is 2.17. The summed E-state index contributed by atoms with van der Waals surface area (Å²) in [4.78, 5) is 47.5. The predicted molar refractivity (Wildman–Crippen MR) is 125 cm³/mol. The molecule has 0 aliphatic rings. The Hall–Kier alpha value is -4.34. The third-order valence-corrected chi connectivity index (χ3v) is 4.61. The van der Waals surface area contributed by atoms with E-state index in [0.29, 0.717) is 0 Å². The lowest BCUT2D eigenvalue weighted by Gasteiger charge is -2.19. The van der Waals surface area contributed by atoms with Crippen LogP contribution in [0.3, 0.4) is 0 Å². The number of esters is 2. The zero-order valence-electron chi connectivity index (χ0n) is 18.9. The van der Waals surface area contributed by atoms with Crippen LogP contribution in [0.15, 0.2) is 72.8 Å². The van der Waals surface area contributed by atoms with Crippen molar-refractivity contribution in [2.24, 2.45) is 0 Å². The van der Waals surface area contributed by atoms with Crippen molar-refractivity contribution < 1.29 is 28.7 Å². The molecule has 0 aliphatic heterocycles. The number of carbonyl (C=O) groups is 4. The Morgan fingerprint density at radius 3 is 1.35 bits per heavy atom. The fraction of sp³-hybridized carbons (Fsp3) is 0.250. The van der Waals surface area contributed by atoms with Gasteiger partial charge in [0.2, 0.25) is 0 Å². The van der Waals surface area contributed by atoms with Gasteiger partial charge in [-0.25, -0.2) is 19.2 Å². The number of benzene rings is 2. The third-order valence-electron chi connectivity index (χ3n) is 4.61. The van der Waals surface area contributed by atoms with Gasteiger partial charge in [0.1, 0.15) is 13.2 Å². The van der Waals surface area contributed by atoms with E-state index in [-0.39, 0.29) is 13.2 Å². The molecule has 2 atom stereocenters. The molecule has 2 rings (SSSR count). The van der Waals surface area contributed by atoms with Gasteiger partial charge in [0, 0.05) is 26.2 Å². The van der Waals surface area contributed by atoms with Crippen LogP contribution >= 0.6 is 0 Å². The van der Waals surface area contributed by atoms with Gasteiger partial charge in [0.25, 0.3) is 0 Å². The summed E-state index contributed by atoms with van der Waals surface area (Å²) in [6, 6.07) is 16.0. The van der Waals surface area contributed by atoms with E-state index >= 15 is 0 Å². The first-order chi connectivity index (χ1) is 16.4. The summed E-state index contributed by atoms with van der Waals surface area (Å²) in [5.41, 5.74) is 1.50.